The number of aryl methyl sites for hydroxylation is 1. The van der Waals surface area contributed by atoms with Crippen LogP contribution in [0.2, 0.25) is 0 Å². The molecule has 1 N–H and O–H groups in total. The number of hydrogen-bond acceptors (Lipinski definition) is 4. The van der Waals surface area contributed by atoms with Crippen molar-refractivity contribution in [3.05, 3.63) is 62.9 Å². The van der Waals surface area contributed by atoms with Gasteiger partial charge in [0.05, 0.1) is 6.20 Å². The van der Waals surface area contributed by atoms with Crippen molar-refractivity contribution in [2.24, 2.45) is 7.05 Å². The number of carbonyl (C=O) groups excluding carboxylic acids is 1. The Morgan fingerprint density at radius 1 is 1.48 bits per heavy atom. The molecule has 2 rings (SSSR count). The molecule has 21 heavy (non-hydrogen) atoms. The average molecular weight is 407 g/mol. The van der Waals surface area contributed by atoms with Crippen LogP contribution < -0.4 is 39.8 Å². The first-order valence-electron chi connectivity index (χ1n) is 5.59. The highest BCUT2D eigenvalue weighted by Crippen LogP contribution is 1.98. The molecule has 7 nitrogen and oxygen atoms in total. The standard InChI is InChI=1S/C12H10FN3O4.HI/c1-15-4-2-3-8(5-15)11(18)20-7-16-6-9(13)10(17)14-12(16)19;/h2-6H,7H2,1H3;1H. The third-order valence-corrected chi connectivity index (χ3v) is 2.48. The van der Waals surface area contributed by atoms with E-state index in [1.165, 1.54) is 0 Å². The van der Waals surface area contributed by atoms with E-state index in [4.69, 9.17) is 4.74 Å². The Morgan fingerprint density at radius 3 is 2.86 bits per heavy atom. The zero-order chi connectivity index (χ0) is 14.7. The summed E-state index contributed by atoms with van der Waals surface area (Å²) >= 11 is 0. The molecule has 0 aliphatic carbocycles. The first-order chi connectivity index (χ1) is 9.47. The van der Waals surface area contributed by atoms with Gasteiger partial charge < -0.3 is 28.7 Å². The van der Waals surface area contributed by atoms with Crippen LogP contribution in [-0.2, 0) is 18.5 Å². The van der Waals surface area contributed by atoms with Crippen molar-refractivity contribution in [2.45, 2.75) is 6.73 Å². The number of nitrogens with one attached hydrogen (secondary N) is 1. The minimum absolute atomic E-state index is 0. The molecule has 0 amide bonds. The molecule has 0 aromatic carbocycles. The molecule has 0 saturated carbocycles. The summed E-state index contributed by atoms with van der Waals surface area (Å²) in [6.07, 6.45) is 3.95. The molecule has 0 spiro atoms. The molecule has 112 valence electrons. The Morgan fingerprint density at radius 2 is 2.19 bits per heavy atom. The number of aromatic amines is 1. The van der Waals surface area contributed by atoms with Crippen molar-refractivity contribution >= 4 is 5.97 Å². The third kappa shape index (κ3) is 4.21. The predicted octanol–water partition coefficient (Wildman–Crippen LogP) is -3.68. The molecule has 2 aromatic heterocycles. The molecule has 2 heterocycles. The second kappa shape index (κ2) is 7.11. The van der Waals surface area contributed by atoms with Gasteiger partial charge in [0, 0.05) is 6.07 Å². The van der Waals surface area contributed by atoms with E-state index in [1.54, 1.807) is 41.1 Å². The molecule has 0 radical (unpaired) electrons. The van der Waals surface area contributed by atoms with E-state index in [0.29, 0.717) is 6.20 Å². The smallest absolute Gasteiger partial charge is 0.345 e. The second-order valence-corrected chi connectivity index (χ2v) is 4.03. The summed E-state index contributed by atoms with van der Waals surface area (Å²) in [5.74, 6) is -1.80. The summed E-state index contributed by atoms with van der Waals surface area (Å²) in [5.41, 5.74) is -1.69. The number of aromatic nitrogens is 3. The highest BCUT2D eigenvalue weighted by atomic mass is 127. The van der Waals surface area contributed by atoms with Crippen molar-refractivity contribution in [1.29, 1.82) is 0 Å². The maximum absolute atomic E-state index is 13.0. The van der Waals surface area contributed by atoms with Crippen LogP contribution in [0.4, 0.5) is 4.39 Å². The normalized spacial score (nSPS) is 9.81. The van der Waals surface area contributed by atoms with Crippen molar-refractivity contribution in [2.75, 3.05) is 0 Å². The molecule has 0 saturated heterocycles. The first-order valence-corrected chi connectivity index (χ1v) is 5.59. The molecule has 2 aromatic rings. The minimum atomic E-state index is -1.13. The first kappa shape index (κ1) is 17.0. The topological polar surface area (TPSA) is 85.0 Å². The molecule has 0 fully saturated rings. The number of esters is 1. The fourth-order valence-corrected chi connectivity index (χ4v) is 1.50. The van der Waals surface area contributed by atoms with Crippen molar-refractivity contribution < 1.29 is 42.5 Å². The highest BCUT2D eigenvalue weighted by molar-refractivity contribution is 5.88. The van der Waals surface area contributed by atoms with Gasteiger partial charge in [-0.25, -0.2) is 14.2 Å². The summed E-state index contributed by atoms with van der Waals surface area (Å²) in [7, 11) is 1.73. The van der Waals surface area contributed by atoms with Gasteiger partial charge in [-0.2, -0.15) is 4.39 Å². The number of H-pyrrole nitrogens is 1. The quantitative estimate of drug-likeness (QED) is 0.323. The lowest BCUT2D eigenvalue weighted by molar-refractivity contribution is -0.671. The SMILES string of the molecule is C[n+]1cccc(C(=O)OCn2cc(F)c(=O)[nH]c2=O)c1.[I-]. The van der Waals surface area contributed by atoms with Crippen LogP contribution >= 0.6 is 0 Å². The van der Waals surface area contributed by atoms with E-state index < -0.39 is 29.8 Å². The highest BCUT2D eigenvalue weighted by Gasteiger charge is 2.11. The zero-order valence-corrected chi connectivity index (χ0v) is 13.0. The van der Waals surface area contributed by atoms with Crippen molar-refractivity contribution in [3.8, 4) is 0 Å². The maximum atomic E-state index is 13.0. The van der Waals surface area contributed by atoms with E-state index in [0.717, 1.165) is 4.57 Å². The third-order valence-electron chi connectivity index (χ3n) is 2.48. The molecule has 9 heteroatoms. The van der Waals surface area contributed by atoms with Crippen molar-refractivity contribution in [3.63, 3.8) is 0 Å². The Hall–Kier alpha value is -2.04. The minimum Gasteiger partial charge on any atom is -1.00 e. The second-order valence-electron chi connectivity index (χ2n) is 4.03. The number of hydrogen-bond donors (Lipinski definition) is 1. The van der Waals surface area contributed by atoms with Gasteiger partial charge in [0.2, 0.25) is 5.82 Å². The number of carbonyl (C=O) groups is 1. The van der Waals surface area contributed by atoms with Gasteiger partial charge in [-0.3, -0.25) is 14.3 Å². The fraction of sp³-hybridized carbons (Fsp3) is 0.167. The lowest BCUT2D eigenvalue weighted by Gasteiger charge is -2.06. The van der Waals surface area contributed by atoms with Crippen LogP contribution in [0, 0.1) is 5.82 Å². The van der Waals surface area contributed by atoms with E-state index in [1.807, 2.05) is 0 Å². The molecular weight excluding hydrogens is 396 g/mol. The lowest BCUT2D eigenvalue weighted by atomic mass is 10.3. The summed E-state index contributed by atoms with van der Waals surface area (Å²) in [5, 5.41) is 0. The number of ether oxygens (including phenoxy) is 1. The van der Waals surface area contributed by atoms with Gasteiger partial charge in [-0.1, -0.05) is 0 Å². The molecule has 0 atom stereocenters. The van der Waals surface area contributed by atoms with Gasteiger partial charge in [-0.15, -0.1) is 0 Å². The monoisotopic (exact) mass is 407 g/mol. The fourth-order valence-electron chi connectivity index (χ4n) is 1.50. The lowest BCUT2D eigenvalue weighted by Crippen LogP contribution is -3.00. The molecule has 0 aliphatic rings. The van der Waals surface area contributed by atoms with Gasteiger partial charge in [-0.05, 0) is 6.07 Å². The van der Waals surface area contributed by atoms with Crippen LogP contribution in [0.25, 0.3) is 0 Å². The summed E-state index contributed by atoms with van der Waals surface area (Å²) in [6, 6.07) is 3.20. The van der Waals surface area contributed by atoms with Crippen LogP contribution in [-0.4, -0.2) is 15.5 Å². The van der Waals surface area contributed by atoms with Crippen LogP contribution in [0.1, 0.15) is 10.4 Å². The average Bonchev–Trinajstić information content (AvgIpc) is 2.41. The number of pyridine rings is 1. The Bertz CT molecular complexity index is 772. The van der Waals surface area contributed by atoms with Gasteiger partial charge in [0.25, 0.3) is 5.56 Å². The summed E-state index contributed by atoms with van der Waals surface area (Å²) in [4.78, 5) is 35.7. The molecule has 0 unspecified atom stereocenters. The molecule has 0 aliphatic heterocycles. The van der Waals surface area contributed by atoms with E-state index in [9.17, 15) is 18.8 Å². The summed E-state index contributed by atoms with van der Waals surface area (Å²) < 4.78 is 20.3. The number of halogens is 2. The molecule has 0 bridgehead atoms. The maximum Gasteiger partial charge on any atom is 0.345 e. The molecular formula is C12H11FIN3O4. The van der Waals surface area contributed by atoms with Crippen LogP contribution in [0.15, 0.2) is 40.3 Å². The van der Waals surface area contributed by atoms with Crippen LogP contribution in [0.3, 0.4) is 0 Å². The van der Waals surface area contributed by atoms with Gasteiger partial charge >= 0.3 is 11.7 Å². The van der Waals surface area contributed by atoms with Gasteiger partial charge in [0.1, 0.15) is 12.6 Å². The van der Waals surface area contributed by atoms with E-state index >= 15 is 0 Å². The summed E-state index contributed by atoms with van der Waals surface area (Å²) in [6.45, 7) is -0.496. The Balaban J connectivity index is 0.00000220. The Kier molecular flexibility index (Phi) is 5.76. The van der Waals surface area contributed by atoms with E-state index in [-0.39, 0.29) is 29.5 Å². The van der Waals surface area contributed by atoms with Gasteiger partial charge in [0.15, 0.2) is 19.1 Å². The van der Waals surface area contributed by atoms with Crippen LogP contribution in [0.5, 0.6) is 0 Å². The number of nitrogens with zero attached hydrogens (tertiary/aromatic N) is 2. The number of rotatable bonds is 3. The predicted molar refractivity (Wildman–Crippen MR) is 64.3 cm³/mol. The largest absolute Gasteiger partial charge is 1.00 e. The zero-order valence-electron chi connectivity index (χ0n) is 10.9. The van der Waals surface area contributed by atoms with Crippen molar-refractivity contribution in [1.82, 2.24) is 9.55 Å². The Labute approximate surface area is 135 Å². The van der Waals surface area contributed by atoms with E-state index in [2.05, 4.69) is 0 Å².